The van der Waals surface area contributed by atoms with Crippen LogP contribution >= 0.6 is 0 Å². The second-order valence-electron chi connectivity index (χ2n) is 5.24. The van der Waals surface area contributed by atoms with Gasteiger partial charge in [-0.25, -0.2) is 0 Å². The lowest BCUT2D eigenvalue weighted by molar-refractivity contribution is -0.117. The number of hydrogen-bond acceptors (Lipinski definition) is 2. The minimum atomic E-state index is 0.266. The fourth-order valence-electron chi connectivity index (χ4n) is 2.29. The fourth-order valence-corrected chi connectivity index (χ4v) is 2.29. The molecule has 0 aliphatic carbocycles. The highest BCUT2D eigenvalue weighted by molar-refractivity contribution is 5.75. The number of ether oxygens (including phenoxy) is 1. The van der Waals surface area contributed by atoms with Gasteiger partial charge in [0.2, 0.25) is 0 Å². The molecule has 1 aromatic rings. The Morgan fingerprint density at radius 1 is 1.32 bits per heavy atom. The SMILES string of the molecule is CCCOc1ccc(C)cc1C(CC)CCC(C)=O. The third kappa shape index (κ3) is 5.06. The van der Waals surface area contributed by atoms with Crippen molar-refractivity contribution in [1.29, 1.82) is 0 Å². The average molecular weight is 262 g/mol. The summed E-state index contributed by atoms with van der Waals surface area (Å²) in [4.78, 5) is 11.2. The van der Waals surface area contributed by atoms with Crippen LogP contribution in [0.2, 0.25) is 0 Å². The van der Waals surface area contributed by atoms with E-state index in [1.807, 2.05) is 0 Å². The fraction of sp³-hybridized carbons (Fsp3) is 0.588. The van der Waals surface area contributed by atoms with Crippen molar-refractivity contribution in [3.8, 4) is 5.75 Å². The molecule has 0 N–H and O–H groups in total. The topological polar surface area (TPSA) is 26.3 Å². The average Bonchev–Trinajstić information content (AvgIpc) is 2.38. The summed E-state index contributed by atoms with van der Waals surface area (Å²) in [5.74, 6) is 1.67. The number of ketones is 1. The van der Waals surface area contributed by atoms with E-state index < -0.39 is 0 Å². The van der Waals surface area contributed by atoms with Crippen LogP contribution in [0.15, 0.2) is 18.2 Å². The largest absolute Gasteiger partial charge is 0.493 e. The summed E-state index contributed by atoms with van der Waals surface area (Å²) in [7, 11) is 0. The van der Waals surface area contributed by atoms with Crippen LogP contribution in [0.5, 0.6) is 5.75 Å². The van der Waals surface area contributed by atoms with Crippen molar-refractivity contribution in [2.75, 3.05) is 6.61 Å². The van der Waals surface area contributed by atoms with Crippen molar-refractivity contribution in [2.45, 2.75) is 59.3 Å². The van der Waals surface area contributed by atoms with E-state index in [4.69, 9.17) is 4.74 Å². The highest BCUT2D eigenvalue weighted by atomic mass is 16.5. The summed E-state index contributed by atoms with van der Waals surface area (Å²) in [5.41, 5.74) is 2.51. The summed E-state index contributed by atoms with van der Waals surface area (Å²) in [6, 6.07) is 6.36. The molecule has 0 aliphatic heterocycles. The van der Waals surface area contributed by atoms with Gasteiger partial charge in [-0.05, 0) is 50.7 Å². The summed E-state index contributed by atoms with van der Waals surface area (Å²) in [5, 5.41) is 0. The van der Waals surface area contributed by atoms with Crippen molar-refractivity contribution in [3.63, 3.8) is 0 Å². The lowest BCUT2D eigenvalue weighted by atomic mass is 9.89. The zero-order valence-electron chi connectivity index (χ0n) is 12.7. The van der Waals surface area contributed by atoms with E-state index >= 15 is 0 Å². The first kappa shape index (κ1) is 15.7. The van der Waals surface area contributed by atoms with Gasteiger partial charge in [0.1, 0.15) is 11.5 Å². The summed E-state index contributed by atoms with van der Waals surface area (Å²) < 4.78 is 5.85. The third-order valence-corrected chi connectivity index (χ3v) is 3.40. The Bertz CT molecular complexity index is 410. The van der Waals surface area contributed by atoms with Crippen LogP contribution in [0.1, 0.15) is 63.5 Å². The Balaban J connectivity index is 2.92. The summed E-state index contributed by atoms with van der Waals surface area (Å²) >= 11 is 0. The summed E-state index contributed by atoms with van der Waals surface area (Å²) in [6.45, 7) is 8.80. The van der Waals surface area contributed by atoms with Gasteiger partial charge in [0, 0.05) is 6.42 Å². The maximum Gasteiger partial charge on any atom is 0.129 e. The van der Waals surface area contributed by atoms with Gasteiger partial charge < -0.3 is 9.53 Å². The number of carbonyl (C=O) groups excluding carboxylic acids is 1. The van der Waals surface area contributed by atoms with Gasteiger partial charge in [0.05, 0.1) is 6.61 Å². The Hall–Kier alpha value is -1.31. The van der Waals surface area contributed by atoms with Gasteiger partial charge in [0.15, 0.2) is 0 Å². The molecule has 0 saturated heterocycles. The van der Waals surface area contributed by atoms with Crippen LogP contribution in [-0.2, 0) is 4.79 Å². The molecular formula is C17H26O2. The number of carbonyl (C=O) groups is 1. The predicted octanol–water partition coefficient (Wildman–Crippen LogP) is 4.65. The zero-order chi connectivity index (χ0) is 14.3. The number of Topliss-reactive ketones (excluding diaryl/α,β-unsaturated/α-hetero) is 1. The molecule has 2 heteroatoms. The Morgan fingerprint density at radius 2 is 2.05 bits per heavy atom. The van der Waals surface area contributed by atoms with Crippen molar-refractivity contribution in [2.24, 2.45) is 0 Å². The summed E-state index contributed by atoms with van der Waals surface area (Å²) in [6.07, 6.45) is 3.62. The van der Waals surface area contributed by atoms with Crippen LogP contribution in [0, 0.1) is 6.92 Å². The lowest BCUT2D eigenvalue weighted by Crippen LogP contribution is -2.05. The first-order valence-corrected chi connectivity index (χ1v) is 7.31. The highest BCUT2D eigenvalue weighted by Gasteiger charge is 2.15. The Labute approximate surface area is 117 Å². The molecule has 0 heterocycles. The van der Waals surface area contributed by atoms with Gasteiger partial charge in [-0.2, -0.15) is 0 Å². The van der Waals surface area contributed by atoms with Crippen LogP contribution < -0.4 is 4.74 Å². The highest BCUT2D eigenvalue weighted by Crippen LogP contribution is 2.33. The molecule has 0 bridgehead atoms. The molecule has 1 atom stereocenters. The first-order chi connectivity index (χ1) is 9.08. The molecule has 0 aromatic heterocycles. The van der Waals surface area contributed by atoms with Crippen LogP contribution in [0.3, 0.4) is 0 Å². The molecule has 0 aliphatic rings. The van der Waals surface area contributed by atoms with Gasteiger partial charge in [-0.15, -0.1) is 0 Å². The van der Waals surface area contributed by atoms with Gasteiger partial charge in [-0.3, -0.25) is 0 Å². The molecular weight excluding hydrogens is 236 g/mol. The predicted molar refractivity (Wildman–Crippen MR) is 79.9 cm³/mol. The number of benzene rings is 1. The van der Waals surface area contributed by atoms with E-state index in [1.54, 1.807) is 6.92 Å². The monoisotopic (exact) mass is 262 g/mol. The quantitative estimate of drug-likeness (QED) is 0.682. The van der Waals surface area contributed by atoms with Crippen molar-refractivity contribution in [3.05, 3.63) is 29.3 Å². The first-order valence-electron chi connectivity index (χ1n) is 7.31. The molecule has 1 aromatic carbocycles. The molecule has 0 spiro atoms. The molecule has 1 unspecified atom stereocenters. The van der Waals surface area contributed by atoms with Crippen LogP contribution in [0.4, 0.5) is 0 Å². The second kappa shape index (κ2) is 7.98. The Morgan fingerprint density at radius 3 is 2.63 bits per heavy atom. The molecule has 2 nitrogen and oxygen atoms in total. The number of aryl methyl sites for hydroxylation is 1. The van der Waals surface area contributed by atoms with E-state index in [0.29, 0.717) is 12.3 Å². The number of hydrogen-bond donors (Lipinski definition) is 0. The maximum atomic E-state index is 11.2. The molecule has 0 radical (unpaired) electrons. The molecule has 0 saturated carbocycles. The second-order valence-corrected chi connectivity index (χ2v) is 5.24. The van der Waals surface area contributed by atoms with E-state index in [2.05, 4.69) is 39.0 Å². The van der Waals surface area contributed by atoms with Crippen molar-refractivity contribution in [1.82, 2.24) is 0 Å². The smallest absolute Gasteiger partial charge is 0.129 e. The normalized spacial score (nSPS) is 12.2. The molecule has 106 valence electrons. The van der Waals surface area contributed by atoms with E-state index in [1.165, 1.54) is 11.1 Å². The lowest BCUT2D eigenvalue weighted by Gasteiger charge is -2.19. The third-order valence-electron chi connectivity index (χ3n) is 3.40. The zero-order valence-corrected chi connectivity index (χ0v) is 12.7. The van der Waals surface area contributed by atoms with Crippen LogP contribution in [0.25, 0.3) is 0 Å². The van der Waals surface area contributed by atoms with Gasteiger partial charge in [0.25, 0.3) is 0 Å². The molecule has 0 fully saturated rings. The Kier molecular flexibility index (Phi) is 6.61. The molecule has 1 rings (SSSR count). The minimum Gasteiger partial charge on any atom is -0.493 e. The molecule has 0 amide bonds. The van der Waals surface area contributed by atoms with Crippen molar-refractivity contribution < 1.29 is 9.53 Å². The van der Waals surface area contributed by atoms with Crippen molar-refractivity contribution >= 4 is 5.78 Å². The number of rotatable bonds is 8. The van der Waals surface area contributed by atoms with E-state index in [0.717, 1.165) is 31.6 Å². The van der Waals surface area contributed by atoms with E-state index in [-0.39, 0.29) is 5.78 Å². The van der Waals surface area contributed by atoms with Gasteiger partial charge >= 0.3 is 0 Å². The molecule has 19 heavy (non-hydrogen) atoms. The van der Waals surface area contributed by atoms with Gasteiger partial charge in [-0.1, -0.05) is 31.5 Å². The maximum absolute atomic E-state index is 11.2. The standard InChI is InChI=1S/C17H26O2/c1-5-11-19-17-10-7-13(3)12-16(17)15(6-2)9-8-14(4)18/h7,10,12,15H,5-6,8-9,11H2,1-4H3. The van der Waals surface area contributed by atoms with Crippen LogP contribution in [-0.4, -0.2) is 12.4 Å². The minimum absolute atomic E-state index is 0.266. The van der Waals surface area contributed by atoms with E-state index in [9.17, 15) is 4.79 Å².